The zero-order chi connectivity index (χ0) is 21.2. The molecule has 0 aliphatic carbocycles. The Labute approximate surface area is 167 Å². The number of benzene rings is 2. The predicted octanol–water partition coefficient (Wildman–Crippen LogP) is 5.48. The minimum Gasteiger partial charge on any atom is -0.393 e. The summed E-state index contributed by atoms with van der Waals surface area (Å²) in [6.07, 6.45) is -4.57. The van der Waals surface area contributed by atoms with Crippen molar-refractivity contribution in [3.05, 3.63) is 82.3 Å². The number of halogens is 6. The molecule has 0 aliphatic rings. The maximum absolute atomic E-state index is 14.8. The predicted molar refractivity (Wildman–Crippen MR) is 99.7 cm³/mol. The second-order valence-electron chi connectivity index (χ2n) is 6.05. The molecule has 0 spiro atoms. The summed E-state index contributed by atoms with van der Waals surface area (Å²) >= 11 is 5.87. The SMILES string of the molecule is Nc1c(Cl)nc(C(F)(F)c2ccccc2)nc1NCc1ccccc1C(F)(F)F. The van der Waals surface area contributed by atoms with E-state index in [0.29, 0.717) is 0 Å². The molecule has 0 radical (unpaired) electrons. The molecule has 0 aliphatic heterocycles. The van der Waals surface area contributed by atoms with Gasteiger partial charge in [-0.15, -0.1) is 0 Å². The fourth-order valence-electron chi connectivity index (χ4n) is 2.62. The van der Waals surface area contributed by atoms with Gasteiger partial charge in [0, 0.05) is 12.1 Å². The molecule has 1 heterocycles. The first-order valence-electron chi connectivity index (χ1n) is 8.26. The number of hydrogen-bond acceptors (Lipinski definition) is 4. The van der Waals surface area contributed by atoms with Gasteiger partial charge in [-0.3, -0.25) is 0 Å². The Morgan fingerprint density at radius 2 is 1.52 bits per heavy atom. The van der Waals surface area contributed by atoms with E-state index >= 15 is 0 Å². The van der Waals surface area contributed by atoms with Crippen LogP contribution < -0.4 is 11.1 Å². The van der Waals surface area contributed by atoms with E-state index in [2.05, 4.69) is 15.3 Å². The Balaban J connectivity index is 1.94. The lowest BCUT2D eigenvalue weighted by Crippen LogP contribution is -2.21. The summed E-state index contributed by atoms with van der Waals surface area (Å²) in [7, 11) is 0. The normalized spacial score (nSPS) is 12.1. The van der Waals surface area contributed by atoms with Gasteiger partial charge in [-0.05, 0) is 11.6 Å². The van der Waals surface area contributed by atoms with Gasteiger partial charge in [-0.2, -0.15) is 22.0 Å². The molecule has 0 fully saturated rings. The van der Waals surface area contributed by atoms with Crippen molar-refractivity contribution in [1.29, 1.82) is 0 Å². The Kier molecular flexibility index (Phi) is 5.61. The Bertz CT molecular complexity index is 1010. The molecule has 0 unspecified atom stereocenters. The molecule has 0 saturated carbocycles. The molecule has 0 amide bonds. The molecule has 152 valence electrons. The quantitative estimate of drug-likeness (QED) is 0.417. The third-order valence-electron chi connectivity index (χ3n) is 4.09. The molecule has 0 bridgehead atoms. The molecule has 0 atom stereocenters. The highest BCUT2D eigenvalue weighted by molar-refractivity contribution is 6.32. The third kappa shape index (κ3) is 4.40. The Hall–Kier alpha value is -2.94. The van der Waals surface area contributed by atoms with Crippen molar-refractivity contribution in [3.63, 3.8) is 0 Å². The van der Waals surface area contributed by atoms with Crippen molar-refractivity contribution in [1.82, 2.24) is 9.97 Å². The van der Waals surface area contributed by atoms with Gasteiger partial charge in [0.1, 0.15) is 5.69 Å². The fourth-order valence-corrected chi connectivity index (χ4v) is 2.79. The first-order chi connectivity index (χ1) is 13.6. The molecular formula is C19H14ClF5N4. The van der Waals surface area contributed by atoms with Crippen molar-refractivity contribution in [2.24, 2.45) is 0 Å². The van der Waals surface area contributed by atoms with Crippen LogP contribution in [0.25, 0.3) is 0 Å². The first kappa shape index (κ1) is 20.8. The van der Waals surface area contributed by atoms with Crippen LogP contribution in [0.2, 0.25) is 5.15 Å². The number of hydrogen-bond donors (Lipinski definition) is 2. The minimum absolute atomic E-state index is 0.106. The molecule has 1 aromatic heterocycles. The van der Waals surface area contributed by atoms with Gasteiger partial charge in [-0.25, -0.2) is 9.97 Å². The standard InChI is InChI=1S/C19H14ClF5N4/c20-15-14(26)16(27-10-11-6-4-5-9-13(11)19(23,24)25)29-17(28-15)18(21,22)12-7-2-1-3-8-12/h1-9H,10,26H2,(H,27,28,29). The van der Waals surface area contributed by atoms with Crippen LogP contribution in [0.15, 0.2) is 54.6 Å². The molecule has 3 rings (SSSR count). The number of alkyl halides is 5. The van der Waals surface area contributed by atoms with E-state index in [4.69, 9.17) is 17.3 Å². The average Bonchev–Trinajstić information content (AvgIpc) is 2.69. The summed E-state index contributed by atoms with van der Waals surface area (Å²) in [5, 5.41) is 2.12. The smallest absolute Gasteiger partial charge is 0.393 e. The second kappa shape index (κ2) is 7.82. The summed E-state index contributed by atoms with van der Waals surface area (Å²) in [5.74, 6) is -4.79. The number of nitrogens with zero attached hydrogens (tertiary/aromatic N) is 2. The lowest BCUT2D eigenvalue weighted by molar-refractivity contribution is -0.138. The molecule has 3 N–H and O–H groups in total. The zero-order valence-electron chi connectivity index (χ0n) is 14.6. The molecule has 10 heteroatoms. The monoisotopic (exact) mass is 428 g/mol. The molecule has 3 aromatic rings. The number of nitrogens with one attached hydrogen (secondary N) is 1. The number of nitrogens with two attached hydrogens (primary N) is 1. The topological polar surface area (TPSA) is 63.8 Å². The van der Waals surface area contributed by atoms with Crippen LogP contribution in [0.4, 0.5) is 33.5 Å². The number of anilines is 2. The zero-order valence-corrected chi connectivity index (χ0v) is 15.4. The van der Waals surface area contributed by atoms with Crippen molar-refractivity contribution in [2.45, 2.75) is 18.6 Å². The van der Waals surface area contributed by atoms with Gasteiger partial charge in [0.25, 0.3) is 0 Å². The van der Waals surface area contributed by atoms with Crippen LogP contribution in [0, 0.1) is 0 Å². The third-order valence-corrected chi connectivity index (χ3v) is 4.37. The second-order valence-corrected chi connectivity index (χ2v) is 6.41. The van der Waals surface area contributed by atoms with Crippen LogP contribution >= 0.6 is 11.6 Å². The fraction of sp³-hybridized carbons (Fsp3) is 0.158. The van der Waals surface area contributed by atoms with Crippen molar-refractivity contribution in [2.75, 3.05) is 11.1 Å². The van der Waals surface area contributed by atoms with Gasteiger partial charge in [0.15, 0.2) is 11.0 Å². The molecule has 0 saturated heterocycles. The molecular weight excluding hydrogens is 415 g/mol. The van der Waals surface area contributed by atoms with E-state index in [0.717, 1.165) is 6.07 Å². The lowest BCUT2D eigenvalue weighted by atomic mass is 10.1. The Morgan fingerprint density at radius 1 is 0.897 bits per heavy atom. The molecule has 4 nitrogen and oxygen atoms in total. The maximum Gasteiger partial charge on any atom is 0.416 e. The van der Waals surface area contributed by atoms with Crippen molar-refractivity contribution >= 4 is 23.1 Å². The van der Waals surface area contributed by atoms with Gasteiger partial charge in [0.05, 0.1) is 5.56 Å². The molecule has 2 aromatic carbocycles. The summed E-state index contributed by atoms with van der Waals surface area (Å²) in [6, 6.07) is 11.7. The first-order valence-corrected chi connectivity index (χ1v) is 8.64. The largest absolute Gasteiger partial charge is 0.416 e. The van der Waals surface area contributed by atoms with E-state index in [9.17, 15) is 22.0 Å². The van der Waals surface area contributed by atoms with Crippen molar-refractivity contribution < 1.29 is 22.0 Å². The number of rotatable bonds is 5. The van der Waals surface area contributed by atoms with Crippen LogP contribution in [-0.2, 0) is 18.6 Å². The van der Waals surface area contributed by atoms with E-state index in [1.807, 2.05) is 0 Å². The van der Waals surface area contributed by atoms with E-state index < -0.39 is 28.6 Å². The highest BCUT2D eigenvalue weighted by Crippen LogP contribution is 2.37. The van der Waals surface area contributed by atoms with Gasteiger partial charge >= 0.3 is 12.1 Å². The summed E-state index contributed by atoms with van der Waals surface area (Å²) in [5.41, 5.74) is 4.16. The van der Waals surface area contributed by atoms with Crippen LogP contribution in [-0.4, -0.2) is 9.97 Å². The average molecular weight is 429 g/mol. The summed E-state index contributed by atoms with van der Waals surface area (Å²) in [6.45, 7) is -0.358. The van der Waals surface area contributed by atoms with Crippen LogP contribution in [0.1, 0.15) is 22.5 Å². The highest BCUT2D eigenvalue weighted by atomic mass is 35.5. The number of nitrogen functional groups attached to an aromatic ring is 1. The summed E-state index contributed by atoms with van der Waals surface area (Å²) < 4.78 is 68.9. The van der Waals surface area contributed by atoms with Crippen LogP contribution in [0.3, 0.4) is 0 Å². The Morgan fingerprint density at radius 3 is 2.17 bits per heavy atom. The van der Waals surface area contributed by atoms with Gasteiger partial charge < -0.3 is 11.1 Å². The maximum atomic E-state index is 14.8. The van der Waals surface area contributed by atoms with Crippen LogP contribution in [0.5, 0.6) is 0 Å². The minimum atomic E-state index is -4.57. The molecule has 29 heavy (non-hydrogen) atoms. The van der Waals surface area contributed by atoms with Crippen molar-refractivity contribution in [3.8, 4) is 0 Å². The lowest BCUT2D eigenvalue weighted by Gasteiger charge is -2.18. The number of aromatic nitrogens is 2. The van der Waals surface area contributed by atoms with Gasteiger partial charge in [-0.1, -0.05) is 60.1 Å². The van der Waals surface area contributed by atoms with E-state index in [1.165, 1.54) is 42.5 Å². The van der Waals surface area contributed by atoms with E-state index in [-0.39, 0.29) is 29.2 Å². The highest BCUT2D eigenvalue weighted by Gasteiger charge is 2.38. The van der Waals surface area contributed by atoms with Gasteiger partial charge in [0.2, 0.25) is 5.82 Å². The van der Waals surface area contributed by atoms with E-state index in [1.54, 1.807) is 6.07 Å². The summed E-state index contributed by atoms with van der Waals surface area (Å²) in [4.78, 5) is 7.28.